The van der Waals surface area contributed by atoms with Crippen LogP contribution >= 0.6 is 0 Å². The molecule has 5 rings (SSSR count). The molecule has 0 aromatic heterocycles. The number of unbranched alkanes of at least 4 members (excludes halogenated alkanes) is 4. The number of carboxylic acids is 2. The van der Waals surface area contributed by atoms with E-state index in [9.17, 15) is 40.0 Å². The van der Waals surface area contributed by atoms with Crippen molar-refractivity contribution in [2.75, 3.05) is 62.5 Å². The highest BCUT2D eigenvalue weighted by Gasteiger charge is 2.27. The second-order valence-electron chi connectivity index (χ2n) is 13.9. The lowest BCUT2D eigenvalue weighted by molar-refractivity contribution is -0.385. The topological polar surface area (TPSA) is 204 Å². The molecule has 302 valence electrons. The molecule has 16 nitrogen and oxygen atoms in total. The molecule has 0 radical (unpaired) electrons. The van der Waals surface area contributed by atoms with Gasteiger partial charge in [-0.15, -0.1) is 0 Å². The average Bonchev–Trinajstić information content (AvgIpc) is 3.87. The molecule has 0 aliphatic carbocycles. The maximum absolute atomic E-state index is 12.1. The average molecular weight is 779 g/mol. The van der Waals surface area contributed by atoms with E-state index >= 15 is 0 Å². The summed E-state index contributed by atoms with van der Waals surface area (Å²) in [5.41, 5.74) is 1.65. The van der Waals surface area contributed by atoms with Crippen LogP contribution in [0.1, 0.15) is 84.9 Å². The van der Waals surface area contributed by atoms with Gasteiger partial charge in [-0.05, 0) is 101 Å². The molecule has 2 saturated heterocycles. The summed E-state index contributed by atoms with van der Waals surface area (Å²) < 4.78 is 23.4. The zero-order valence-corrected chi connectivity index (χ0v) is 31.4. The number of anilines is 2. The number of carboxylic acid groups (broad SMARTS) is 2. The van der Waals surface area contributed by atoms with Crippen LogP contribution < -0.4 is 19.3 Å². The molecule has 2 fully saturated rings. The summed E-state index contributed by atoms with van der Waals surface area (Å²) >= 11 is 0. The van der Waals surface area contributed by atoms with Gasteiger partial charge in [0.2, 0.25) is 0 Å². The number of hydrogen-bond acceptors (Lipinski definition) is 12. The molecule has 2 aliphatic heterocycles. The lowest BCUT2D eigenvalue weighted by Gasteiger charge is -2.26. The van der Waals surface area contributed by atoms with Crippen LogP contribution in [0.3, 0.4) is 0 Å². The molecular weight excluding hydrogens is 728 g/mol. The molecule has 56 heavy (non-hydrogen) atoms. The Morgan fingerprint density at radius 2 is 0.982 bits per heavy atom. The van der Waals surface area contributed by atoms with E-state index in [4.69, 9.17) is 18.9 Å². The van der Waals surface area contributed by atoms with Crippen molar-refractivity contribution in [2.24, 2.45) is 0 Å². The SMILES string of the molecule is O=C(O)c1cc(OCCCCCOC[C@@H]2CCCN2c2ccc([N+](=O)[O-])cc2)c(C(=O)O)cc1OCCCCCOC[C@@H]1CCCN1c1ccc([N+](=O)[O-])cc1. The first-order valence-electron chi connectivity index (χ1n) is 19.2. The molecule has 3 aromatic rings. The Bertz CT molecular complexity index is 1640. The van der Waals surface area contributed by atoms with Crippen LogP contribution in [0.25, 0.3) is 0 Å². The van der Waals surface area contributed by atoms with Crippen molar-refractivity contribution in [2.45, 2.75) is 76.3 Å². The van der Waals surface area contributed by atoms with E-state index in [1.165, 1.54) is 36.4 Å². The van der Waals surface area contributed by atoms with Gasteiger partial charge in [-0.1, -0.05) is 0 Å². The molecule has 0 unspecified atom stereocenters. The third kappa shape index (κ3) is 11.8. The highest BCUT2D eigenvalue weighted by Crippen LogP contribution is 2.31. The Morgan fingerprint density at radius 1 is 0.607 bits per heavy atom. The second-order valence-corrected chi connectivity index (χ2v) is 13.9. The molecule has 2 heterocycles. The van der Waals surface area contributed by atoms with Crippen LogP contribution in [-0.4, -0.2) is 96.8 Å². The predicted octanol–water partition coefficient (Wildman–Crippen LogP) is 7.37. The number of ether oxygens (including phenoxy) is 4. The number of non-ortho nitro benzene ring substituents is 2. The monoisotopic (exact) mass is 778 g/mol. The Morgan fingerprint density at radius 3 is 1.34 bits per heavy atom. The molecule has 0 spiro atoms. The number of carbonyl (C=O) groups is 2. The van der Waals surface area contributed by atoms with Crippen LogP contribution in [0.15, 0.2) is 60.7 Å². The van der Waals surface area contributed by atoms with Gasteiger partial charge in [-0.3, -0.25) is 20.2 Å². The van der Waals surface area contributed by atoms with Gasteiger partial charge in [0.1, 0.15) is 22.6 Å². The number of hydrogen-bond donors (Lipinski definition) is 2. The van der Waals surface area contributed by atoms with E-state index in [1.54, 1.807) is 24.3 Å². The quantitative estimate of drug-likeness (QED) is 0.0518. The number of nitrogens with zero attached hydrogens (tertiary/aromatic N) is 4. The molecular formula is C40H50N4O12. The van der Waals surface area contributed by atoms with Gasteiger partial charge in [0.15, 0.2) is 0 Å². The fourth-order valence-corrected chi connectivity index (χ4v) is 7.13. The third-order valence-corrected chi connectivity index (χ3v) is 10.1. The van der Waals surface area contributed by atoms with Gasteiger partial charge in [-0.25, -0.2) is 9.59 Å². The number of nitro groups is 2. The largest absolute Gasteiger partial charge is 0.493 e. The summed E-state index contributed by atoms with van der Waals surface area (Å²) in [5.74, 6) is -2.57. The Hall–Kier alpha value is -5.48. The number of nitro benzene ring substituents is 2. The zero-order valence-electron chi connectivity index (χ0n) is 31.4. The van der Waals surface area contributed by atoms with Crippen molar-refractivity contribution >= 4 is 34.7 Å². The number of aromatic carboxylic acids is 2. The zero-order chi connectivity index (χ0) is 39.9. The number of benzene rings is 3. The summed E-state index contributed by atoms with van der Waals surface area (Å²) in [5, 5.41) is 41.6. The second kappa shape index (κ2) is 21.0. The lowest BCUT2D eigenvalue weighted by Crippen LogP contribution is -2.33. The molecule has 3 aromatic carbocycles. The van der Waals surface area contributed by atoms with Crippen molar-refractivity contribution in [1.82, 2.24) is 0 Å². The summed E-state index contributed by atoms with van der Waals surface area (Å²) in [6.07, 6.45) is 8.28. The molecule has 0 bridgehead atoms. The fourth-order valence-electron chi connectivity index (χ4n) is 7.13. The van der Waals surface area contributed by atoms with Gasteiger partial charge >= 0.3 is 11.9 Å². The summed E-state index contributed by atoms with van der Waals surface area (Å²) in [6, 6.07) is 15.9. The normalized spacial score (nSPS) is 16.6. The van der Waals surface area contributed by atoms with Gasteiger partial charge in [-0.2, -0.15) is 0 Å². The lowest BCUT2D eigenvalue weighted by atomic mass is 10.1. The van der Waals surface area contributed by atoms with Gasteiger partial charge in [0.25, 0.3) is 11.4 Å². The predicted molar refractivity (Wildman–Crippen MR) is 208 cm³/mol. The minimum absolute atomic E-state index is 0.0300. The van der Waals surface area contributed by atoms with Crippen molar-refractivity contribution in [3.05, 3.63) is 92.0 Å². The first-order valence-corrected chi connectivity index (χ1v) is 19.2. The fraction of sp³-hybridized carbons (Fsp3) is 0.500. The molecule has 16 heteroatoms. The van der Waals surface area contributed by atoms with Crippen LogP contribution in [-0.2, 0) is 9.47 Å². The number of rotatable bonds is 24. The minimum atomic E-state index is -1.25. The van der Waals surface area contributed by atoms with Crippen LogP contribution in [0.4, 0.5) is 22.7 Å². The van der Waals surface area contributed by atoms with Gasteiger partial charge in [0.05, 0.1) is 48.4 Å². The summed E-state index contributed by atoms with van der Waals surface area (Å²) in [6.45, 7) is 4.31. The molecule has 0 amide bonds. The summed E-state index contributed by atoms with van der Waals surface area (Å²) in [7, 11) is 0. The molecule has 2 atom stereocenters. The summed E-state index contributed by atoms with van der Waals surface area (Å²) in [4.78, 5) is 49.7. The Kier molecular flexibility index (Phi) is 15.6. The van der Waals surface area contributed by atoms with E-state index in [2.05, 4.69) is 9.80 Å². The van der Waals surface area contributed by atoms with Crippen molar-refractivity contribution in [1.29, 1.82) is 0 Å². The smallest absolute Gasteiger partial charge is 0.339 e. The first kappa shape index (κ1) is 41.7. The Labute approximate surface area is 325 Å². The van der Waals surface area contributed by atoms with Gasteiger partial charge in [0, 0.05) is 61.9 Å². The molecule has 2 aliphatic rings. The van der Waals surface area contributed by atoms with Crippen LogP contribution in [0, 0.1) is 20.2 Å². The third-order valence-electron chi connectivity index (χ3n) is 10.1. The molecule has 0 saturated carbocycles. The van der Waals surface area contributed by atoms with Crippen LogP contribution in [0.2, 0.25) is 0 Å². The van der Waals surface area contributed by atoms with E-state index in [0.717, 1.165) is 75.8 Å². The van der Waals surface area contributed by atoms with E-state index in [0.29, 0.717) is 39.3 Å². The van der Waals surface area contributed by atoms with Crippen molar-refractivity contribution in [3.8, 4) is 11.5 Å². The standard InChI is InChI=1S/C40H50N4O12/c45-39(46)35-26-38(56-24-6-2-4-22-54-28-34-10-8-20-42(34)30-13-17-32(18-14-30)44(51)52)36(40(47)48)25-37(35)55-23-5-1-3-21-53-27-33-9-7-19-41(33)29-11-15-31(16-12-29)43(49)50/h11-18,25-26,33-34H,1-10,19-24,27-28H2,(H,45,46)(H,47,48)/t33-,34-/m0/s1. The van der Waals surface area contributed by atoms with Crippen molar-refractivity contribution in [3.63, 3.8) is 0 Å². The first-order chi connectivity index (χ1) is 27.1. The van der Waals surface area contributed by atoms with Crippen LogP contribution in [0.5, 0.6) is 11.5 Å². The van der Waals surface area contributed by atoms with E-state index < -0.39 is 21.8 Å². The molecule has 2 N–H and O–H groups in total. The highest BCUT2D eigenvalue weighted by molar-refractivity contribution is 5.97. The van der Waals surface area contributed by atoms with E-state index in [1.807, 2.05) is 0 Å². The van der Waals surface area contributed by atoms with E-state index in [-0.39, 0.29) is 59.3 Å². The van der Waals surface area contributed by atoms with Gasteiger partial charge < -0.3 is 39.0 Å². The maximum Gasteiger partial charge on any atom is 0.339 e. The Balaban J connectivity index is 0.972. The minimum Gasteiger partial charge on any atom is -0.493 e. The highest BCUT2D eigenvalue weighted by atomic mass is 16.6. The maximum atomic E-state index is 12.1. The van der Waals surface area contributed by atoms with Crippen molar-refractivity contribution < 1.29 is 48.6 Å².